The Morgan fingerprint density at radius 3 is 2.67 bits per heavy atom. The third-order valence-electron chi connectivity index (χ3n) is 3.49. The first-order valence-electron chi connectivity index (χ1n) is 6.16. The van der Waals surface area contributed by atoms with Gasteiger partial charge in [0, 0.05) is 16.2 Å². The largest absolute Gasteiger partial charge is 0.319 e. The van der Waals surface area contributed by atoms with Gasteiger partial charge in [-0.05, 0) is 34.1 Å². The average Bonchev–Trinajstić information content (AvgIpc) is 3.07. The third-order valence-corrected chi connectivity index (χ3v) is 3.96. The highest BCUT2D eigenvalue weighted by Crippen LogP contribution is 2.65. The van der Waals surface area contributed by atoms with Gasteiger partial charge in [-0.25, -0.2) is 8.78 Å². The molecule has 1 fully saturated rings. The Morgan fingerprint density at radius 1 is 1.29 bits per heavy atom. The van der Waals surface area contributed by atoms with Crippen molar-refractivity contribution in [3.8, 4) is 6.07 Å². The smallest absolute Gasteiger partial charge is 0.288 e. The summed E-state index contributed by atoms with van der Waals surface area (Å²) in [7, 11) is 0. The first-order chi connectivity index (χ1) is 10.0. The highest BCUT2D eigenvalue weighted by atomic mass is 79.9. The predicted octanol–water partition coefficient (Wildman–Crippen LogP) is 3.94. The molecule has 6 heteroatoms. The maximum atomic E-state index is 15.1. The Kier molecular flexibility index (Phi) is 3.27. The molecule has 0 aliphatic carbocycles. The van der Waals surface area contributed by atoms with Crippen LogP contribution in [0.3, 0.4) is 0 Å². The molecule has 0 spiro atoms. The molecule has 1 aliphatic heterocycles. The van der Waals surface area contributed by atoms with Crippen molar-refractivity contribution in [3.63, 3.8) is 0 Å². The zero-order chi connectivity index (χ0) is 15.1. The summed E-state index contributed by atoms with van der Waals surface area (Å²) in [5.41, 5.74) is -1.60. The number of hydrogen-bond donors (Lipinski definition) is 0. The second-order valence-electron chi connectivity index (χ2n) is 4.70. The number of nitrogens with zero attached hydrogens (tertiary/aromatic N) is 2. The molecule has 3 nitrogen and oxygen atoms in total. The molecule has 2 aromatic rings. The lowest BCUT2D eigenvalue weighted by Crippen LogP contribution is -2.20. The van der Waals surface area contributed by atoms with E-state index in [4.69, 9.17) is 10.00 Å². The average molecular weight is 351 g/mol. The van der Waals surface area contributed by atoms with Gasteiger partial charge in [-0.1, -0.05) is 18.2 Å². The number of rotatable bonds is 3. The minimum Gasteiger partial charge on any atom is -0.319 e. The minimum absolute atomic E-state index is 0.0178. The normalized spacial score (nSPS) is 27.1. The van der Waals surface area contributed by atoms with Crippen LogP contribution in [0.25, 0.3) is 0 Å². The summed E-state index contributed by atoms with van der Waals surface area (Å²) in [5, 5.41) is 8.97. The summed E-state index contributed by atoms with van der Waals surface area (Å²) in [5.74, 6) is -2.91. The lowest BCUT2D eigenvalue weighted by Gasteiger charge is -2.12. The van der Waals surface area contributed by atoms with Gasteiger partial charge < -0.3 is 4.74 Å². The first-order valence-corrected chi connectivity index (χ1v) is 6.96. The summed E-state index contributed by atoms with van der Waals surface area (Å²) in [6.07, 6.45) is 1.12. The summed E-state index contributed by atoms with van der Waals surface area (Å²) < 4.78 is 35.0. The van der Waals surface area contributed by atoms with Crippen LogP contribution in [0, 0.1) is 17.1 Å². The van der Waals surface area contributed by atoms with Gasteiger partial charge in [0.2, 0.25) is 0 Å². The molecule has 1 saturated heterocycles. The van der Waals surface area contributed by atoms with E-state index in [-0.39, 0.29) is 17.7 Å². The summed E-state index contributed by atoms with van der Waals surface area (Å²) >= 11 is 3.21. The topological polar surface area (TPSA) is 49.2 Å². The van der Waals surface area contributed by atoms with Gasteiger partial charge in [0.05, 0.1) is 12.5 Å². The van der Waals surface area contributed by atoms with Gasteiger partial charge >= 0.3 is 0 Å². The van der Waals surface area contributed by atoms with Crippen molar-refractivity contribution in [2.75, 3.05) is 0 Å². The number of benzene rings is 1. The first kappa shape index (κ1) is 14.1. The third kappa shape index (κ3) is 2.04. The number of halogens is 3. The molecule has 0 saturated carbocycles. The lowest BCUT2D eigenvalue weighted by atomic mass is 9.89. The lowest BCUT2D eigenvalue weighted by molar-refractivity contribution is 0.135. The van der Waals surface area contributed by atoms with Gasteiger partial charge in [-0.2, -0.15) is 5.26 Å². The Labute approximate surface area is 128 Å². The maximum absolute atomic E-state index is 15.1. The van der Waals surface area contributed by atoms with E-state index in [0.717, 1.165) is 0 Å². The number of aromatic nitrogens is 1. The molecule has 2 unspecified atom stereocenters. The summed E-state index contributed by atoms with van der Waals surface area (Å²) in [4.78, 5) is 3.97. The highest BCUT2D eigenvalue weighted by molar-refractivity contribution is 9.10. The van der Waals surface area contributed by atoms with Crippen molar-refractivity contribution in [2.24, 2.45) is 0 Å². The standard InChI is InChI=1S/C15H9BrF2N2O/c16-10-5-6-13(20-9-10)15(18)14(21-15,7-8-19)11-3-1-2-4-12(11)17/h1-6,9H,7H2. The van der Waals surface area contributed by atoms with Crippen LogP contribution in [0.5, 0.6) is 0 Å². The van der Waals surface area contributed by atoms with Crippen molar-refractivity contribution in [1.29, 1.82) is 5.26 Å². The Morgan fingerprint density at radius 2 is 2.05 bits per heavy atom. The van der Waals surface area contributed by atoms with E-state index < -0.39 is 17.3 Å². The van der Waals surface area contributed by atoms with E-state index >= 15 is 4.39 Å². The van der Waals surface area contributed by atoms with Gasteiger partial charge in [0.25, 0.3) is 5.85 Å². The second kappa shape index (κ2) is 4.86. The fourth-order valence-corrected chi connectivity index (χ4v) is 2.65. The molecule has 21 heavy (non-hydrogen) atoms. The number of epoxide rings is 1. The summed E-state index contributed by atoms with van der Waals surface area (Å²) in [6, 6.07) is 10.6. The van der Waals surface area contributed by atoms with Gasteiger partial charge in [0.1, 0.15) is 11.5 Å². The molecule has 0 bridgehead atoms. The van der Waals surface area contributed by atoms with Crippen molar-refractivity contribution in [3.05, 3.63) is 64.1 Å². The fraction of sp³-hybridized carbons (Fsp3) is 0.200. The van der Waals surface area contributed by atoms with Gasteiger partial charge in [-0.3, -0.25) is 4.98 Å². The molecular weight excluding hydrogens is 342 g/mol. The van der Waals surface area contributed by atoms with Gasteiger partial charge in [-0.15, -0.1) is 0 Å². The molecule has 0 radical (unpaired) electrons. The Bertz CT molecular complexity index is 731. The van der Waals surface area contributed by atoms with Crippen molar-refractivity contribution in [2.45, 2.75) is 17.9 Å². The van der Waals surface area contributed by atoms with Crippen LogP contribution in [-0.4, -0.2) is 4.98 Å². The van der Waals surface area contributed by atoms with Crippen LogP contribution in [0.4, 0.5) is 8.78 Å². The van der Waals surface area contributed by atoms with Gasteiger partial charge in [0.15, 0.2) is 5.60 Å². The number of pyridine rings is 1. The minimum atomic E-state index is -2.30. The molecule has 106 valence electrons. The van der Waals surface area contributed by atoms with Crippen LogP contribution in [0.2, 0.25) is 0 Å². The van der Waals surface area contributed by atoms with Crippen LogP contribution < -0.4 is 0 Å². The summed E-state index contributed by atoms with van der Waals surface area (Å²) in [6.45, 7) is 0. The molecule has 1 aromatic carbocycles. The SMILES string of the molecule is N#CCC1(c2ccccc2F)OC1(F)c1ccc(Br)cn1. The number of nitriles is 1. The van der Waals surface area contributed by atoms with E-state index in [2.05, 4.69) is 20.9 Å². The van der Waals surface area contributed by atoms with Crippen LogP contribution in [-0.2, 0) is 16.2 Å². The van der Waals surface area contributed by atoms with Crippen LogP contribution in [0.15, 0.2) is 47.1 Å². The van der Waals surface area contributed by atoms with E-state index in [1.165, 1.54) is 30.5 Å². The molecule has 1 aromatic heterocycles. The quantitative estimate of drug-likeness (QED) is 0.787. The van der Waals surface area contributed by atoms with E-state index in [1.807, 2.05) is 6.07 Å². The molecule has 0 N–H and O–H groups in total. The molecule has 3 rings (SSSR count). The van der Waals surface area contributed by atoms with E-state index in [9.17, 15) is 4.39 Å². The molecule has 1 aliphatic rings. The maximum Gasteiger partial charge on any atom is 0.288 e. The predicted molar refractivity (Wildman–Crippen MR) is 74.1 cm³/mol. The van der Waals surface area contributed by atoms with E-state index in [1.54, 1.807) is 12.1 Å². The second-order valence-corrected chi connectivity index (χ2v) is 5.62. The molecule has 2 atom stereocenters. The highest BCUT2D eigenvalue weighted by Gasteiger charge is 2.75. The number of ether oxygens (including phenoxy) is 1. The van der Waals surface area contributed by atoms with Crippen molar-refractivity contribution in [1.82, 2.24) is 4.98 Å². The number of alkyl halides is 1. The zero-order valence-electron chi connectivity index (χ0n) is 10.7. The monoisotopic (exact) mass is 350 g/mol. The van der Waals surface area contributed by atoms with Crippen LogP contribution >= 0.6 is 15.9 Å². The Balaban J connectivity index is 2.09. The zero-order valence-corrected chi connectivity index (χ0v) is 12.3. The fourth-order valence-electron chi connectivity index (χ4n) is 2.41. The van der Waals surface area contributed by atoms with Crippen LogP contribution in [0.1, 0.15) is 17.7 Å². The molecule has 0 amide bonds. The van der Waals surface area contributed by atoms with Crippen molar-refractivity contribution < 1.29 is 13.5 Å². The van der Waals surface area contributed by atoms with Crippen molar-refractivity contribution >= 4 is 15.9 Å². The van der Waals surface area contributed by atoms with E-state index in [0.29, 0.717) is 4.47 Å². The molecular formula is C15H9BrF2N2O. The Hall–Kier alpha value is -1.84. The number of hydrogen-bond acceptors (Lipinski definition) is 3. The molecule has 2 heterocycles.